The molecule has 0 aliphatic heterocycles. The SMILES string of the molecule is CCc1cc(CC(C)(C)C2CCC(C)CC2N)n(CC)n1. The van der Waals surface area contributed by atoms with E-state index >= 15 is 0 Å². The largest absolute Gasteiger partial charge is 0.327 e. The molecule has 1 aromatic rings. The van der Waals surface area contributed by atoms with Crippen LogP contribution in [0.15, 0.2) is 6.07 Å². The number of hydrogen-bond donors (Lipinski definition) is 1. The van der Waals surface area contributed by atoms with Gasteiger partial charge in [-0.3, -0.25) is 4.68 Å². The lowest BCUT2D eigenvalue weighted by Gasteiger charge is -2.43. The summed E-state index contributed by atoms with van der Waals surface area (Å²) in [7, 11) is 0. The minimum absolute atomic E-state index is 0.248. The van der Waals surface area contributed by atoms with Gasteiger partial charge >= 0.3 is 0 Å². The van der Waals surface area contributed by atoms with Gasteiger partial charge in [-0.15, -0.1) is 0 Å². The average Bonchev–Trinajstić information content (AvgIpc) is 2.79. The maximum atomic E-state index is 6.49. The van der Waals surface area contributed by atoms with Crippen molar-refractivity contribution in [3.05, 3.63) is 17.5 Å². The van der Waals surface area contributed by atoms with Crippen LogP contribution < -0.4 is 5.73 Å². The molecule has 1 heterocycles. The number of rotatable bonds is 5. The van der Waals surface area contributed by atoms with E-state index in [0.29, 0.717) is 12.0 Å². The first-order valence-corrected chi connectivity index (χ1v) is 8.68. The summed E-state index contributed by atoms with van der Waals surface area (Å²) < 4.78 is 2.18. The molecule has 1 saturated carbocycles. The second-order valence-corrected chi connectivity index (χ2v) is 7.65. The lowest BCUT2D eigenvalue weighted by molar-refractivity contribution is 0.111. The molecule has 1 aliphatic carbocycles. The van der Waals surface area contributed by atoms with Crippen LogP contribution in [-0.4, -0.2) is 15.8 Å². The van der Waals surface area contributed by atoms with E-state index in [2.05, 4.69) is 45.4 Å². The van der Waals surface area contributed by atoms with E-state index in [1.165, 1.54) is 30.7 Å². The van der Waals surface area contributed by atoms with Crippen molar-refractivity contribution in [1.82, 2.24) is 9.78 Å². The molecule has 0 amide bonds. The highest BCUT2D eigenvalue weighted by Gasteiger charge is 2.37. The molecular weight excluding hydrogens is 258 g/mol. The Kier molecular flexibility index (Phi) is 5.13. The summed E-state index contributed by atoms with van der Waals surface area (Å²) in [6, 6.07) is 2.65. The Hall–Kier alpha value is -0.830. The predicted molar refractivity (Wildman–Crippen MR) is 89.2 cm³/mol. The predicted octanol–water partition coefficient (Wildman–Crippen LogP) is 3.80. The van der Waals surface area contributed by atoms with E-state index in [4.69, 9.17) is 10.8 Å². The Morgan fingerprint density at radius 2 is 2.05 bits per heavy atom. The van der Waals surface area contributed by atoms with Gasteiger partial charge in [0, 0.05) is 18.3 Å². The van der Waals surface area contributed by atoms with Crippen molar-refractivity contribution in [3.63, 3.8) is 0 Å². The quantitative estimate of drug-likeness (QED) is 0.896. The zero-order chi connectivity index (χ0) is 15.6. The molecule has 1 fully saturated rings. The summed E-state index contributed by atoms with van der Waals surface area (Å²) >= 11 is 0. The second kappa shape index (κ2) is 6.51. The van der Waals surface area contributed by atoms with Gasteiger partial charge < -0.3 is 5.73 Å². The maximum absolute atomic E-state index is 6.49. The van der Waals surface area contributed by atoms with E-state index < -0.39 is 0 Å². The average molecular weight is 291 g/mol. The fourth-order valence-electron chi connectivity index (χ4n) is 4.10. The molecule has 3 atom stereocenters. The zero-order valence-electron chi connectivity index (χ0n) is 14.5. The highest BCUT2D eigenvalue weighted by molar-refractivity contribution is 5.13. The molecule has 0 saturated heterocycles. The summed E-state index contributed by atoms with van der Waals surface area (Å²) in [4.78, 5) is 0. The minimum Gasteiger partial charge on any atom is -0.327 e. The Morgan fingerprint density at radius 3 is 2.62 bits per heavy atom. The molecule has 0 bridgehead atoms. The van der Waals surface area contributed by atoms with Crippen molar-refractivity contribution in [1.29, 1.82) is 0 Å². The number of aromatic nitrogens is 2. The third kappa shape index (κ3) is 3.68. The number of nitrogens with two attached hydrogens (primary N) is 1. The Morgan fingerprint density at radius 1 is 1.33 bits per heavy atom. The van der Waals surface area contributed by atoms with Crippen LogP contribution in [-0.2, 0) is 19.4 Å². The molecule has 3 unspecified atom stereocenters. The number of nitrogens with zero attached hydrogens (tertiary/aromatic N) is 2. The molecule has 0 spiro atoms. The van der Waals surface area contributed by atoms with E-state index in [1.807, 2.05) is 0 Å². The highest BCUT2D eigenvalue weighted by atomic mass is 15.3. The van der Waals surface area contributed by atoms with E-state index in [9.17, 15) is 0 Å². The molecule has 2 N–H and O–H groups in total. The topological polar surface area (TPSA) is 43.8 Å². The van der Waals surface area contributed by atoms with Gasteiger partial charge in [-0.2, -0.15) is 5.10 Å². The summed E-state index contributed by atoms with van der Waals surface area (Å²) in [6.45, 7) is 12.4. The van der Waals surface area contributed by atoms with E-state index in [0.717, 1.165) is 25.3 Å². The standard InChI is InChI=1S/C18H33N3/c1-6-14-11-15(21(7-2)20-14)12-18(4,5)16-9-8-13(3)10-17(16)19/h11,13,16-17H,6-10,12,19H2,1-5H3. The molecule has 0 radical (unpaired) electrons. The van der Waals surface area contributed by atoms with Gasteiger partial charge in [0.05, 0.1) is 5.69 Å². The van der Waals surface area contributed by atoms with Gasteiger partial charge in [0.15, 0.2) is 0 Å². The smallest absolute Gasteiger partial charge is 0.0624 e. The fourth-order valence-corrected chi connectivity index (χ4v) is 4.10. The van der Waals surface area contributed by atoms with Gasteiger partial charge in [-0.25, -0.2) is 0 Å². The van der Waals surface area contributed by atoms with Crippen molar-refractivity contribution in [3.8, 4) is 0 Å². The van der Waals surface area contributed by atoms with Gasteiger partial charge in [0.1, 0.15) is 0 Å². The van der Waals surface area contributed by atoms with Crippen molar-refractivity contribution in [2.24, 2.45) is 23.0 Å². The first-order chi connectivity index (χ1) is 9.87. The lowest BCUT2D eigenvalue weighted by atomic mass is 9.65. The summed E-state index contributed by atoms with van der Waals surface area (Å²) in [5.74, 6) is 1.42. The van der Waals surface area contributed by atoms with Crippen LogP contribution in [0.3, 0.4) is 0 Å². The van der Waals surface area contributed by atoms with Gasteiger partial charge in [0.25, 0.3) is 0 Å². The van der Waals surface area contributed by atoms with Crippen LogP contribution in [0.1, 0.15) is 65.3 Å². The molecule has 2 rings (SSSR count). The van der Waals surface area contributed by atoms with Crippen molar-refractivity contribution < 1.29 is 0 Å². The summed E-state index contributed by atoms with van der Waals surface area (Å²) in [5, 5.41) is 4.69. The van der Waals surface area contributed by atoms with Crippen LogP contribution in [0.4, 0.5) is 0 Å². The number of aryl methyl sites for hydroxylation is 2. The fraction of sp³-hybridized carbons (Fsp3) is 0.833. The Bertz CT molecular complexity index is 461. The Labute approximate surface area is 130 Å². The van der Waals surface area contributed by atoms with Crippen LogP contribution in [0, 0.1) is 17.3 Å². The van der Waals surface area contributed by atoms with E-state index in [1.54, 1.807) is 0 Å². The molecule has 3 nitrogen and oxygen atoms in total. The Balaban J connectivity index is 2.14. The number of hydrogen-bond acceptors (Lipinski definition) is 2. The van der Waals surface area contributed by atoms with Gasteiger partial charge in [-0.1, -0.05) is 34.1 Å². The molecule has 1 aliphatic rings. The van der Waals surface area contributed by atoms with Crippen molar-refractivity contribution in [2.45, 2.75) is 79.3 Å². The zero-order valence-corrected chi connectivity index (χ0v) is 14.5. The molecular formula is C18H33N3. The minimum atomic E-state index is 0.248. The monoisotopic (exact) mass is 291 g/mol. The normalized spacial score (nSPS) is 27.0. The first kappa shape index (κ1) is 16.5. The second-order valence-electron chi connectivity index (χ2n) is 7.65. The summed E-state index contributed by atoms with van der Waals surface area (Å²) in [5.41, 5.74) is 9.33. The summed E-state index contributed by atoms with van der Waals surface area (Å²) in [6.07, 6.45) is 5.88. The van der Waals surface area contributed by atoms with Crippen molar-refractivity contribution >= 4 is 0 Å². The van der Waals surface area contributed by atoms with E-state index in [-0.39, 0.29) is 5.41 Å². The third-order valence-electron chi connectivity index (χ3n) is 5.38. The molecule has 21 heavy (non-hydrogen) atoms. The van der Waals surface area contributed by atoms with Crippen LogP contribution >= 0.6 is 0 Å². The van der Waals surface area contributed by atoms with Crippen LogP contribution in [0.5, 0.6) is 0 Å². The van der Waals surface area contributed by atoms with Gasteiger partial charge in [0.2, 0.25) is 0 Å². The first-order valence-electron chi connectivity index (χ1n) is 8.68. The van der Waals surface area contributed by atoms with Gasteiger partial charge in [-0.05, 0) is 55.9 Å². The highest BCUT2D eigenvalue weighted by Crippen LogP contribution is 2.41. The molecule has 3 heteroatoms. The van der Waals surface area contributed by atoms with Crippen LogP contribution in [0.25, 0.3) is 0 Å². The third-order valence-corrected chi connectivity index (χ3v) is 5.38. The molecule has 1 aromatic heterocycles. The molecule has 0 aromatic carbocycles. The maximum Gasteiger partial charge on any atom is 0.0624 e. The lowest BCUT2D eigenvalue weighted by Crippen LogP contribution is -2.44. The molecule has 120 valence electrons. The van der Waals surface area contributed by atoms with Crippen molar-refractivity contribution in [2.75, 3.05) is 0 Å². The van der Waals surface area contributed by atoms with Crippen LogP contribution in [0.2, 0.25) is 0 Å².